The summed E-state index contributed by atoms with van der Waals surface area (Å²) in [5.74, 6) is 0. The van der Waals surface area contributed by atoms with Crippen LogP contribution in [0.5, 0.6) is 0 Å². The van der Waals surface area contributed by atoms with Gasteiger partial charge in [-0.2, -0.15) is 0 Å². The molecule has 13 heavy (non-hydrogen) atoms. The van der Waals surface area contributed by atoms with Crippen molar-refractivity contribution in [3.8, 4) is 0 Å². The Balaban J connectivity index is 3.14. The fraction of sp³-hybridized carbons (Fsp3) is 0.250. The highest BCUT2D eigenvalue weighted by Crippen LogP contribution is 2.17. The molecule has 2 aromatic rings. The SMILES string of the molecule is Cc1csc2c(=O)n(C)c(=O)[nH]c12. The number of rotatable bonds is 0. The van der Waals surface area contributed by atoms with Crippen LogP contribution in [0.4, 0.5) is 0 Å². The largest absolute Gasteiger partial charge is 0.328 e. The normalized spacial score (nSPS) is 10.9. The summed E-state index contributed by atoms with van der Waals surface area (Å²) in [6, 6.07) is 0. The molecular weight excluding hydrogens is 188 g/mol. The van der Waals surface area contributed by atoms with Gasteiger partial charge in [0.05, 0.1) is 5.52 Å². The van der Waals surface area contributed by atoms with Gasteiger partial charge in [-0.05, 0) is 17.9 Å². The molecule has 0 aliphatic heterocycles. The zero-order valence-corrected chi connectivity index (χ0v) is 8.07. The highest BCUT2D eigenvalue weighted by Gasteiger charge is 2.07. The lowest BCUT2D eigenvalue weighted by atomic mass is 10.3. The summed E-state index contributed by atoms with van der Waals surface area (Å²) in [6.07, 6.45) is 0. The second kappa shape index (κ2) is 2.56. The summed E-state index contributed by atoms with van der Waals surface area (Å²) in [6.45, 7) is 1.87. The van der Waals surface area contributed by atoms with Crippen LogP contribution in [0.3, 0.4) is 0 Å². The molecule has 0 saturated carbocycles. The van der Waals surface area contributed by atoms with Crippen molar-refractivity contribution in [2.75, 3.05) is 0 Å². The topological polar surface area (TPSA) is 54.9 Å². The zero-order chi connectivity index (χ0) is 9.59. The fourth-order valence-corrected chi connectivity index (χ4v) is 2.17. The Morgan fingerprint density at radius 2 is 2.15 bits per heavy atom. The third-order valence-electron chi connectivity index (χ3n) is 2.01. The Morgan fingerprint density at radius 1 is 1.46 bits per heavy atom. The monoisotopic (exact) mass is 196 g/mol. The van der Waals surface area contributed by atoms with Crippen molar-refractivity contribution in [3.05, 3.63) is 31.8 Å². The molecule has 2 heterocycles. The van der Waals surface area contributed by atoms with Crippen LogP contribution in [-0.4, -0.2) is 9.55 Å². The number of hydrogen-bond donors (Lipinski definition) is 1. The number of thiophene rings is 1. The number of hydrogen-bond acceptors (Lipinski definition) is 3. The average molecular weight is 196 g/mol. The Labute approximate surface area is 77.5 Å². The number of fused-ring (bicyclic) bond motifs is 1. The van der Waals surface area contributed by atoms with Gasteiger partial charge in [0, 0.05) is 7.05 Å². The van der Waals surface area contributed by atoms with Crippen LogP contribution < -0.4 is 11.2 Å². The number of aromatic amines is 1. The van der Waals surface area contributed by atoms with Crippen molar-refractivity contribution in [1.29, 1.82) is 0 Å². The minimum atomic E-state index is -0.362. The van der Waals surface area contributed by atoms with Gasteiger partial charge in [-0.1, -0.05) is 0 Å². The quantitative estimate of drug-likeness (QED) is 0.670. The predicted molar refractivity (Wildman–Crippen MR) is 52.4 cm³/mol. The van der Waals surface area contributed by atoms with E-state index in [1.165, 1.54) is 18.4 Å². The van der Waals surface area contributed by atoms with E-state index in [2.05, 4.69) is 4.98 Å². The number of H-pyrrole nitrogens is 1. The second-order valence-corrected chi connectivity index (χ2v) is 3.80. The van der Waals surface area contributed by atoms with Gasteiger partial charge in [-0.15, -0.1) is 11.3 Å². The summed E-state index contributed by atoms with van der Waals surface area (Å²) >= 11 is 1.36. The highest BCUT2D eigenvalue weighted by atomic mass is 32.1. The van der Waals surface area contributed by atoms with E-state index in [0.29, 0.717) is 10.2 Å². The van der Waals surface area contributed by atoms with Crippen LogP contribution >= 0.6 is 11.3 Å². The summed E-state index contributed by atoms with van der Waals surface area (Å²) in [4.78, 5) is 25.4. The molecular formula is C8H8N2O2S. The van der Waals surface area contributed by atoms with Crippen LogP contribution in [0.2, 0.25) is 0 Å². The summed E-state index contributed by atoms with van der Waals surface area (Å²) in [5, 5.41) is 1.86. The predicted octanol–water partition coefficient (Wildman–Crippen LogP) is 0.597. The Bertz CT molecular complexity index is 576. The first-order valence-corrected chi connectivity index (χ1v) is 4.66. The van der Waals surface area contributed by atoms with Gasteiger partial charge in [0.25, 0.3) is 5.56 Å². The van der Waals surface area contributed by atoms with Crippen molar-refractivity contribution < 1.29 is 0 Å². The third-order valence-corrected chi connectivity index (χ3v) is 3.10. The molecule has 0 atom stereocenters. The number of nitrogens with zero attached hydrogens (tertiary/aromatic N) is 1. The molecule has 0 unspecified atom stereocenters. The first kappa shape index (κ1) is 8.25. The van der Waals surface area contributed by atoms with Crippen molar-refractivity contribution in [2.45, 2.75) is 6.92 Å². The van der Waals surface area contributed by atoms with E-state index in [1.807, 2.05) is 12.3 Å². The van der Waals surface area contributed by atoms with Crippen LogP contribution in [0.25, 0.3) is 10.2 Å². The van der Waals surface area contributed by atoms with Gasteiger partial charge in [-0.3, -0.25) is 9.36 Å². The van der Waals surface area contributed by atoms with Crippen molar-refractivity contribution >= 4 is 21.6 Å². The molecule has 0 spiro atoms. The van der Waals surface area contributed by atoms with Gasteiger partial charge < -0.3 is 4.98 Å². The smallest absolute Gasteiger partial charge is 0.306 e. The van der Waals surface area contributed by atoms with E-state index >= 15 is 0 Å². The first-order valence-electron chi connectivity index (χ1n) is 3.78. The summed E-state index contributed by atoms with van der Waals surface area (Å²) in [5.41, 5.74) is 1.02. The molecule has 0 aliphatic carbocycles. The maximum Gasteiger partial charge on any atom is 0.328 e. The van der Waals surface area contributed by atoms with Gasteiger partial charge in [-0.25, -0.2) is 4.79 Å². The average Bonchev–Trinajstić information content (AvgIpc) is 2.45. The molecule has 0 saturated heterocycles. The van der Waals surface area contributed by atoms with Crippen LogP contribution in [-0.2, 0) is 7.05 Å². The maximum atomic E-state index is 11.5. The summed E-state index contributed by atoms with van der Waals surface area (Å²) in [7, 11) is 1.47. The Kier molecular flexibility index (Phi) is 1.63. The zero-order valence-electron chi connectivity index (χ0n) is 7.25. The fourth-order valence-electron chi connectivity index (χ4n) is 1.19. The molecule has 4 nitrogen and oxygen atoms in total. The molecule has 68 valence electrons. The van der Waals surface area contributed by atoms with E-state index in [4.69, 9.17) is 0 Å². The second-order valence-electron chi connectivity index (χ2n) is 2.92. The molecule has 1 N–H and O–H groups in total. The molecule has 5 heteroatoms. The van der Waals surface area contributed by atoms with Gasteiger partial charge in [0.15, 0.2) is 0 Å². The minimum Gasteiger partial charge on any atom is -0.306 e. The third kappa shape index (κ3) is 1.04. The molecule has 0 bridgehead atoms. The van der Waals surface area contributed by atoms with Gasteiger partial charge in [0.1, 0.15) is 4.70 Å². The lowest BCUT2D eigenvalue weighted by Gasteiger charge is -1.95. The Hall–Kier alpha value is -1.36. The molecule has 0 radical (unpaired) electrons. The van der Waals surface area contributed by atoms with Crippen molar-refractivity contribution in [1.82, 2.24) is 9.55 Å². The standard InChI is InChI=1S/C8H8N2O2S/c1-4-3-13-6-5(4)9-8(12)10(2)7(6)11/h3H,1-2H3,(H,9,12). The Morgan fingerprint density at radius 3 is 2.85 bits per heavy atom. The number of aryl methyl sites for hydroxylation is 1. The lowest BCUT2D eigenvalue weighted by Crippen LogP contribution is -2.31. The van der Waals surface area contributed by atoms with E-state index in [1.54, 1.807) is 0 Å². The highest BCUT2D eigenvalue weighted by molar-refractivity contribution is 7.17. The van der Waals surface area contributed by atoms with E-state index < -0.39 is 0 Å². The van der Waals surface area contributed by atoms with Crippen molar-refractivity contribution in [3.63, 3.8) is 0 Å². The molecule has 0 aliphatic rings. The van der Waals surface area contributed by atoms with Gasteiger partial charge >= 0.3 is 5.69 Å². The van der Waals surface area contributed by atoms with E-state index in [9.17, 15) is 9.59 Å². The van der Waals surface area contributed by atoms with Crippen LogP contribution in [0.15, 0.2) is 15.0 Å². The molecule has 0 amide bonds. The maximum absolute atomic E-state index is 11.5. The van der Waals surface area contributed by atoms with Crippen LogP contribution in [0.1, 0.15) is 5.56 Å². The van der Waals surface area contributed by atoms with Crippen molar-refractivity contribution in [2.24, 2.45) is 7.05 Å². The van der Waals surface area contributed by atoms with E-state index in [-0.39, 0.29) is 11.2 Å². The number of aromatic nitrogens is 2. The first-order chi connectivity index (χ1) is 6.11. The minimum absolute atomic E-state index is 0.225. The van der Waals surface area contributed by atoms with Crippen LogP contribution in [0, 0.1) is 6.92 Å². The summed E-state index contributed by atoms with van der Waals surface area (Å²) < 4.78 is 1.69. The number of nitrogens with one attached hydrogen (secondary N) is 1. The molecule has 2 rings (SSSR count). The lowest BCUT2D eigenvalue weighted by molar-refractivity contribution is 0.795. The molecule has 0 fully saturated rings. The molecule has 2 aromatic heterocycles. The van der Waals surface area contributed by atoms with E-state index in [0.717, 1.165) is 10.1 Å². The molecule has 0 aromatic carbocycles. The van der Waals surface area contributed by atoms with Gasteiger partial charge in [0.2, 0.25) is 0 Å².